The molecule has 0 radical (unpaired) electrons. The van der Waals surface area contributed by atoms with Crippen LogP contribution in [0.3, 0.4) is 0 Å². The number of hydrogen-bond donors (Lipinski definition) is 1. The molecule has 0 bridgehead atoms. The van der Waals surface area contributed by atoms with Crippen LogP contribution in [0.1, 0.15) is 78.1 Å². The predicted molar refractivity (Wildman–Crippen MR) is 72.8 cm³/mol. The normalized spacial score (nSPS) is 18.9. The zero-order valence-electron chi connectivity index (χ0n) is 11.4. The first kappa shape index (κ1) is 14.0. The van der Waals surface area contributed by atoms with E-state index in [0.29, 0.717) is 0 Å². The van der Waals surface area contributed by atoms with Crippen LogP contribution in [0, 0.1) is 5.92 Å². The van der Waals surface area contributed by atoms with Gasteiger partial charge in [0.2, 0.25) is 0 Å². The molecular formula is C15H31N. The fourth-order valence-corrected chi connectivity index (χ4v) is 2.98. The van der Waals surface area contributed by atoms with Gasteiger partial charge in [-0.3, -0.25) is 0 Å². The Morgan fingerprint density at radius 1 is 0.938 bits per heavy atom. The zero-order chi connectivity index (χ0) is 11.6. The molecule has 1 nitrogen and oxygen atoms in total. The van der Waals surface area contributed by atoms with Crippen molar-refractivity contribution < 1.29 is 0 Å². The number of hydrogen-bond acceptors (Lipinski definition) is 1. The molecule has 1 fully saturated rings. The second-order valence-corrected chi connectivity index (χ2v) is 5.54. The first-order chi connectivity index (χ1) is 7.86. The fourth-order valence-electron chi connectivity index (χ4n) is 2.98. The molecule has 0 aliphatic heterocycles. The minimum Gasteiger partial charge on any atom is -0.314 e. The summed E-state index contributed by atoms with van der Waals surface area (Å²) in [5, 5.41) is 3.83. The molecule has 1 aliphatic rings. The Labute approximate surface area is 102 Å². The Kier molecular flexibility index (Phi) is 7.92. The summed E-state index contributed by atoms with van der Waals surface area (Å²) >= 11 is 0. The molecule has 96 valence electrons. The van der Waals surface area contributed by atoms with E-state index in [0.717, 1.165) is 12.0 Å². The minimum atomic E-state index is 0.832. The SMILES string of the molecule is CCCC(CCC)CNC1CCCCCC1. The highest BCUT2D eigenvalue weighted by atomic mass is 14.9. The van der Waals surface area contributed by atoms with Crippen molar-refractivity contribution in [2.24, 2.45) is 5.92 Å². The molecule has 1 heteroatoms. The van der Waals surface area contributed by atoms with Crippen molar-refractivity contribution in [3.63, 3.8) is 0 Å². The standard InChI is InChI=1S/C15H31N/c1-3-9-14(10-4-2)13-16-15-11-7-5-6-8-12-15/h14-16H,3-13H2,1-2H3. The Morgan fingerprint density at radius 2 is 1.50 bits per heavy atom. The number of nitrogens with one attached hydrogen (secondary N) is 1. The molecule has 1 rings (SSSR count). The fraction of sp³-hybridized carbons (Fsp3) is 1.00. The van der Waals surface area contributed by atoms with Crippen molar-refractivity contribution in [2.75, 3.05) is 6.54 Å². The predicted octanol–water partition coefficient (Wildman–Crippen LogP) is 4.52. The van der Waals surface area contributed by atoms with Gasteiger partial charge in [-0.2, -0.15) is 0 Å². The van der Waals surface area contributed by atoms with Gasteiger partial charge in [-0.15, -0.1) is 0 Å². The average molecular weight is 225 g/mol. The molecule has 1 aliphatic carbocycles. The van der Waals surface area contributed by atoms with Crippen LogP contribution in [0.25, 0.3) is 0 Å². The highest BCUT2D eigenvalue weighted by molar-refractivity contribution is 4.72. The molecule has 0 saturated heterocycles. The van der Waals surface area contributed by atoms with Crippen molar-refractivity contribution in [2.45, 2.75) is 84.1 Å². The molecule has 0 spiro atoms. The maximum atomic E-state index is 3.83. The smallest absolute Gasteiger partial charge is 0.00671 e. The van der Waals surface area contributed by atoms with Crippen LogP contribution >= 0.6 is 0 Å². The van der Waals surface area contributed by atoms with Gasteiger partial charge >= 0.3 is 0 Å². The van der Waals surface area contributed by atoms with Crippen molar-refractivity contribution in [1.82, 2.24) is 5.32 Å². The molecular weight excluding hydrogens is 194 g/mol. The average Bonchev–Trinajstić information content (AvgIpc) is 2.55. The lowest BCUT2D eigenvalue weighted by atomic mass is 9.97. The van der Waals surface area contributed by atoms with E-state index in [2.05, 4.69) is 19.2 Å². The molecule has 0 aromatic heterocycles. The summed E-state index contributed by atoms with van der Waals surface area (Å²) in [7, 11) is 0. The summed E-state index contributed by atoms with van der Waals surface area (Å²) in [6.07, 6.45) is 14.2. The van der Waals surface area contributed by atoms with Gasteiger partial charge < -0.3 is 5.32 Å². The van der Waals surface area contributed by atoms with Crippen molar-refractivity contribution in [1.29, 1.82) is 0 Å². The van der Waals surface area contributed by atoms with E-state index in [-0.39, 0.29) is 0 Å². The molecule has 0 unspecified atom stereocenters. The third-order valence-corrected chi connectivity index (χ3v) is 3.94. The third-order valence-electron chi connectivity index (χ3n) is 3.94. The quantitative estimate of drug-likeness (QED) is 0.628. The number of rotatable bonds is 7. The largest absolute Gasteiger partial charge is 0.314 e. The molecule has 0 aromatic carbocycles. The van der Waals surface area contributed by atoms with Crippen molar-refractivity contribution in [3.05, 3.63) is 0 Å². The van der Waals surface area contributed by atoms with E-state index in [1.54, 1.807) is 0 Å². The van der Waals surface area contributed by atoms with Gasteiger partial charge in [0, 0.05) is 6.04 Å². The van der Waals surface area contributed by atoms with Gasteiger partial charge in [-0.25, -0.2) is 0 Å². The van der Waals surface area contributed by atoms with Crippen LogP contribution in [0.5, 0.6) is 0 Å². The maximum absolute atomic E-state index is 3.83. The van der Waals surface area contributed by atoms with Gasteiger partial charge in [0.1, 0.15) is 0 Å². The zero-order valence-corrected chi connectivity index (χ0v) is 11.4. The lowest BCUT2D eigenvalue weighted by molar-refractivity contribution is 0.364. The van der Waals surface area contributed by atoms with E-state index < -0.39 is 0 Å². The summed E-state index contributed by atoms with van der Waals surface area (Å²) < 4.78 is 0. The van der Waals surface area contributed by atoms with Crippen LogP contribution in [0.4, 0.5) is 0 Å². The Hall–Kier alpha value is -0.0400. The monoisotopic (exact) mass is 225 g/mol. The van der Waals surface area contributed by atoms with E-state index >= 15 is 0 Å². The van der Waals surface area contributed by atoms with Crippen LogP contribution in [-0.2, 0) is 0 Å². The Balaban J connectivity index is 2.18. The third kappa shape index (κ3) is 5.89. The first-order valence-electron chi connectivity index (χ1n) is 7.60. The summed E-state index contributed by atoms with van der Waals surface area (Å²) in [5.74, 6) is 0.929. The van der Waals surface area contributed by atoms with Gasteiger partial charge in [0.05, 0.1) is 0 Å². The lowest BCUT2D eigenvalue weighted by Crippen LogP contribution is -2.33. The van der Waals surface area contributed by atoms with Crippen molar-refractivity contribution in [3.8, 4) is 0 Å². The first-order valence-corrected chi connectivity index (χ1v) is 7.60. The molecule has 0 aromatic rings. The summed E-state index contributed by atoms with van der Waals surface area (Å²) in [4.78, 5) is 0. The van der Waals surface area contributed by atoms with Crippen molar-refractivity contribution >= 4 is 0 Å². The van der Waals surface area contributed by atoms with E-state index in [1.807, 2.05) is 0 Å². The Morgan fingerprint density at radius 3 is 2.00 bits per heavy atom. The summed E-state index contributed by atoms with van der Waals surface area (Å²) in [6.45, 7) is 5.90. The van der Waals surface area contributed by atoms with Gasteiger partial charge in [-0.05, 0) is 38.1 Å². The second-order valence-electron chi connectivity index (χ2n) is 5.54. The van der Waals surface area contributed by atoms with Crippen LogP contribution < -0.4 is 5.32 Å². The minimum absolute atomic E-state index is 0.832. The van der Waals surface area contributed by atoms with Gasteiger partial charge in [0.15, 0.2) is 0 Å². The molecule has 0 heterocycles. The Bertz CT molecular complexity index is 140. The topological polar surface area (TPSA) is 12.0 Å². The molecule has 0 atom stereocenters. The van der Waals surface area contributed by atoms with E-state index in [1.165, 1.54) is 70.8 Å². The lowest BCUT2D eigenvalue weighted by Gasteiger charge is -2.21. The highest BCUT2D eigenvalue weighted by Crippen LogP contribution is 2.18. The second kappa shape index (κ2) is 9.04. The van der Waals surface area contributed by atoms with Crippen LogP contribution in [-0.4, -0.2) is 12.6 Å². The molecule has 16 heavy (non-hydrogen) atoms. The maximum Gasteiger partial charge on any atom is 0.00671 e. The van der Waals surface area contributed by atoms with E-state index in [4.69, 9.17) is 0 Å². The highest BCUT2D eigenvalue weighted by Gasteiger charge is 2.13. The molecule has 0 amide bonds. The summed E-state index contributed by atoms with van der Waals surface area (Å²) in [5.41, 5.74) is 0. The van der Waals surface area contributed by atoms with Crippen LogP contribution in [0.15, 0.2) is 0 Å². The van der Waals surface area contributed by atoms with Gasteiger partial charge in [-0.1, -0.05) is 52.4 Å². The molecule has 1 N–H and O–H groups in total. The van der Waals surface area contributed by atoms with Crippen LogP contribution in [0.2, 0.25) is 0 Å². The molecule has 1 saturated carbocycles. The van der Waals surface area contributed by atoms with E-state index in [9.17, 15) is 0 Å². The summed E-state index contributed by atoms with van der Waals surface area (Å²) in [6, 6.07) is 0.832. The van der Waals surface area contributed by atoms with Gasteiger partial charge in [0.25, 0.3) is 0 Å².